The molecule has 0 aromatic carbocycles. The van der Waals surface area contributed by atoms with Gasteiger partial charge >= 0.3 is 0 Å². The highest BCUT2D eigenvalue weighted by atomic mass is 16.3. The zero-order chi connectivity index (χ0) is 9.68. The van der Waals surface area contributed by atoms with Gasteiger partial charge in [-0.2, -0.15) is 4.91 Å². The summed E-state index contributed by atoms with van der Waals surface area (Å²) >= 11 is 0. The van der Waals surface area contributed by atoms with Crippen LogP contribution in [0.5, 0.6) is 0 Å². The van der Waals surface area contributed by atoms with Crippen molar-refractivity contribution in [3.63, 3.8) is 0 Å². The van der Waals surface area contributed by atoms with E-state index < -0.39 is 0 Å². The summed E-state index contributed by atoms with van der Waals surface area (Å²) in [5, 5.41) is 2.90. The summed E-state index contributed by atoms with van der Waals surface area (Å²) in [6.45, 7) is 8.44. The van der Waals surface area contributed by atoms with Gasteiger partial charge in [0.05, 0.1) is 6.54 Å². The first-order valence-electron chi connectivity index (χ1n) is 4.89. The van der Waals surface area contributed by atoms with Crippen molar-refractivity contribution in [2.75, 3.05) is 6.54 Å². The molecule has 1 unspecified atom stereocenters. The van der Waals surface area contributed by atoms with Crippen molar-refractivity contribution in [1.82, 2.24) is 0 Å². The van der Waals surface area contributed by atoms with E-state index in [-0.39, 0.29) is 0 Å². The highest BCUT2D eigenvalue weighted by Crippen LogP contribution is 2.30. The van der Waals surface area contributed by atoms with E-state index in [1.165, 1.54) is 24.0 Å². The van der Waals surface area contributed by atoms with Gasteiger partial charge in [0.15, 0.2) is 0 Å². The summed E-state index contributed by atoms with van der Waals surface area (Å²) in [6, 6.07) is 0. The number of nitrogens with zero attached hydrogens (tertiary/aromatic N) is 1. The van der Waals surface area contributed by atoms with Crippen LogP contribution < -0.4 is 0 Å². The molecule has 1 aliphatic rings. The monoisotopic (exact) mass is 179 g/mol. The molecule has 0 aromatic rings. The first-order valence-corrected chi connectivity index (χ1v) is 4.89. The fourth-order valence-electron chi connectivity index (χ4n) is 1.86. The molecule has 0 aromatic heterocycles. The number of allylic oxidation sites excluding steroid dienone is 2. The van der Waals surface area contributed by atoms with Gasteiger partial charge in [-0.25, -0.2) is 0 Å². The van der Waals surface area contributed by atoms with Crippen LogP contribution in [0.25, 0.3) is 0 Å². The summed E-state index contributed by atoms with van der Waals surface area (Å²) in [4.78, 5) is 9.99. The maximum absolute atomic E-state index is 9.99. The first-order chi connectivity index (χ1) is 6.24. The minimum atomic E-state index is 0.449. The Bertz CT molecular complexity index is 220. The molecule has 1 aliphatic carbocycles. The molecule has 1 atom stereocenters. The van der Waals surface area contributed by atoms with Crippen molar-refractivity contribution in [2.24, 2.45) is 11.1 Å². The van der Waals surface area contributed by atoms with Gasteiger partial charge in [0.25, 0.3) is 0 Å². The van der Waals surface area contributed by atoms with E-state index in [0.717, 1.165) is 19.3 Å². The average Bonchev–Trinajstić information content (AvgIpc) is 2.26. The smallest absolute Gasteiger partial charge is 0.0813 e. The Hall–Kier alpha value is -0.920. The van der Waals surface area contributed by atoms with Gasteiger partial charge in [-0.05, 0) is 38.0 Å². The van der Waals surface area contributed by atoms with Crippen molar-refractivity contribution in [3.05, 3.63) is 29.2 Å². The lowest BCUT2D eigenvalue weighted by Crippen LogP contribution is -2.01. The van der Waals surface area contributed by atoms with Gasteiger partial charge in [0.2, 0.25) is 0 Å². The molecule has 0 radical (unpaired) electrons. The standard InChI is InChI=1S/C11H17NO/c1-9-4-3-5-11(6-7-12-13)8-10(9)2/h11H,1-8H2. The first kappa shape index (κ1) is 10.2. The van der Waals surface area contributed by atoms with E-state index in [1.807, 2.05) is 0 Å². The molecule has 0 N–H and O–H groups in total. The largest absolute Gasteiger partial charge is 0.151 e. The summed E-state index contributed by atoms with van der Waals surface area (Å²) in [7, 11) is 0. The molecule has 2 nitrogen and oxygen atoms in total. The van der Waals surface area contributed by atoms with Gasteiger partial charge in [-0.3, -0.25) is 0 Å². The van der Waals surface area contributed by atoms with Crippen molar-refractivity contribution in [2.45, 2.75) is 32.1 Å². The van der Waals surface area contributed by atoms with Crippen molar-refractivity contribution >= 4 is 0 Å². The van der Waals surface area contributed by atoms with Gasteiger partial charge < -0.3 is 0 Å². The number of hydrogen-bond donors (Lipinski definition) is 0. The second-order valence-electron chi connectivity index (χ2n) is 3.81. The molecule has 0 amide bonds. The van der Waals surface area contributed by atoms with E-state index in [9.17, 15) is 4.91 Å². The van der Waals surface area contributed by atoms with E-state index in [4.69, 9.17) is 0 Å². The second kappa shape index (κ2) is 4.95. The Balaban J connectivity index is 2.44. The third-order valence-corrected chi connectivity index (χ3v) is 2.75. The van der Waals surface area contributed by atoms with Crippen LogP contribution in [-0.2, 0) is 0 Å². The van der Waals surface area contributed by atoms with E-state index in [1.54, 1.807) is 0 Å². The molecule has 1 saturated carbocycles. The highest BCUT2D eigenvalue weighted by Gasteiger charge is 2.15. The van der Waals surface area contributed by atoms with Crippen LogP contribution in [0.15, 0.2) is 29.5 Å². The zero-order valence-electron chi connectivity index (χ0n) is 8.09. The van der Waals surface area contributed by atoms with Crippen LogP contribution in [0.4, 0.5) is 0 Å². The average molecular weight is 179 g/mol. The SMILES string of the molecule is C=C1CCCC(CCN=O)CC1=C. The van der Waals surface area contributed by atoms with E-state index in [0.29, 0.717) is 12.5 Å². The Morgan fingerprint density at radius 1 is 1.38 bits per heavy atom. The predicted molar refractivity (Wildman–Crippen MR) is 55.5 cm³/mol. The molecule has 0 heterocycles. The number of rotatable bonds is 3. The third kappa shape index (κ3) is 3.13. The molecular weight excluding hydrogens is 162 g/mol. The van der Waals surface area contributed by atoms with Crippen LogP contribution in [0.3, 0.4) is 0 Å². The predicted octanol–water partition coefficient (Wildman–Crippen LogP) is 3.45. The normalized spacial score (nSPS) is 24.2. The Morgan fingerprint density at radius 2 is 2.15 bits per heavy atom. The quantitative estimate of drug-likeness (QED) is 0.482. The molecule has 72 valence electrons. The molecule has 1 fully saturated rings. The third-order valence-electron chi connectivity index (χ3n) is 2.75. The summed E-state index contributed by atoms with van der Waals surface area (Å²) in [5.74, 6) is 0.601. The fourth-order valence-corrected chi connectivity index (χ4v) is 1.86. The van der Waals surface area contributed by atoms with Gasteiger partial charge in [-0.15, -0.1) is 0 Å². The highest BCUT2D eigenvalue weighted by molar-refractivity contribution is 5.26. The summed E-state index contributed by atoms with van der Waals surface area (Å²) < 4.78 is 0. The molecule has 13 heavy (non-hydrogen) atoms. The van der Waals surface area contributed by atoms with Gasteiger partial charge in [0, 0.05) is 0 Å². The molecule has 2 heteroatoms. The molecule has 0 bridgehead atoms. The maximum Gasteiger partial charge on any atom is 0.0813 e. The van der Waals surface area contributed by atoms with Crippen molar-refractivity contribution < 1.29 is 0 Å². The molecule has 0 spiro atoms. The minimum absolute atomic E-state index is 0.449. The van der Waals surface area contributed by atoms with Crippen LogP contribution in [0.2, 0.25) is 0 Å². The lowest BCUT2D eigenvalue weighted by molar-refractivity contribution is 0.457. The van der Waals surface area contributed by atoms with Crippen LogP contribution >= 0.6 is 0 Å². The van der Waals surface area contributed by atoms with Gasteiger partial charge in [0.1, 0.15) is 0 Å². The summed E-state index contributed by atoms with van der Waals surface area (Å²) in [6.07, 6.45) is 5.36. The maximum atomic E-state index is 9.99. The van der Waals surface area contributed by atoms with E-state index >= 15 is 0 Å². The Kier molecular flexibility index (Phi) is 3.87. The van der Waals surface area contributed by atoms with Crippen LogP contribution in [0.1, 0.15) is 32.1 Å². The second-order valence-corrected chi connectivity index (χ2v) is 3.81. The summed E-state index contributed by atoms with van der Waals surface area (Å²) in [5.41, 5.74) is 2.37. The van der Waals surface area contributed by atoms with Crippen molar-refractivity contribution in [1.29, 1.82) is 0 Å². The molecule has 0 aliphatic heterocycles. The van der Waals surface area contributed by atoms with Crippen LogP contribution in [-0.4, -0.2) is 6.54 Å². The zero-order valence-corrected chi connectivity index (χ0v) is 8.09. The van der Waals surface area contributed by atoms with Crippen LogP contribution in [0, 0.1) is 10.8 Å². The minimum Gasteiger partial charge on any atom is -0.151 e. The van der Waals surface area contributed by atoms with E-state index in [2.05, 4.69) is 18.3 Å². The molecular formula is C11H17NO. The number of hydrogen-bond acceptors (Lipinski definition) is 2. The molecule has 1 rings (SSSR count). The Morgan fingerprint density at radius 3 is 2.85 bits per heavy atom. The van der Waals surface area contributed by atoms with Crippen molar-refractivity contribution in [3.8, 4) is 0 Å². The molecule has 0 saturated heterocycles. The number of nitroso groups, excluding NO2 is 1. The topological polar surface area (TPSA) is 29.4 Å². The Labute approximate surface area is 79.7 Å². The lowest BCUT2D eigenvalue weighted by Gasteiger charge is -2.11. The van der Waals surface area contributed by atoms with Gasteiger partial charge in [-0.1, -0.05) is 29.5 Å². The fraction of sp³-hybridized carbons (Fsp3) is 0.636. The lowest BCUT2D eigenvalue weighted by atomic mass is 9.94.